The van der Waals surface area contributed by atoms with Crippen molar-refractivity contribution in [2.45, 2.75) is 97.1 Å². The predicted molar refractivity (Wildman–Crippen MR) is 131 cm³/mol. The van der Waals surface area contributed by atoms with Crippen molar-refractivity contribution < 1.29 is 23.5 Å². The maximum Gasteiger partial charge on any atom is 0.410 e. The second-order valence-electron chi connectivity index (χ2n) is 10.6. The molecule has 3 rings (SSSR count). The summed E-state index contributed by atoms with van der Waals surface area (Å²) in [6, 6.07) is -0.292. The Morgan fingerprint density at radius 3 is 2.56 bits per heavy atom. The molecule has 1 unspecified atom stereocenters. The number of ether oxygens (including phenoxy) is 1. The number of amides is 2. The number of aromatic nitrogens is 1. The monoisotopic (exact) mass is 539 g/mol. The molecule has 1 N–H and O–H groups in total. The molecule has 0 aromatic carbocycles. The lowest BCUT2D eigenvalue weighted by Gasteiger charge is -2.34. The van der Waals surface area contributed by atoms with Crippen LogP contribution in [0, 0.1) is 11.3 Å². The lowest BCUT2D eigenvalue weighted by atomic mass is 9.90. The minimum absolute atomic E-state index is 0.0230. The number of rotatable bonds is 10. The summed E-state index contributed by atoms with van der Waals surface area (Å²) in [5, 5.41) is 3.17. The third kappa shape index (κ3) is 7.30. The smallest absolute Gasteiger partial charge is 0.410 e. The fourth-order valence-electron chi connectivity index (χ4n) is 4.71. The van der Waals surface area contributed by atoms with Crippen LogP contribution in [0.4, 0.5) is 4.79 Å². The van der Waals surface area contributed by atoms with Crippen LogP contribution < -0.4 is 5.32 Å². The van der Waals surface area contributed by atoms with Crippen molar-refractivity contribution in [2.24, 2.45) is 11.3 Å². The average molecular weight is 540 g/mol. The Hall–Kier alpha value is -1.90. The summed E-state index contributed by atoms with van der Waals surface area (Å²) in [7, 11) is 0. The predicted octanol–water partition coefficient (Wildman–Crippen LogP) is 5.56. The maximum absolute atomic E-state index is 13.1. The molecule has 2 aliphatic rings. The van der Waals surface area contributed by atoms with E-state index in [-0.39, 0.29) is 29.4 Å². The number of nitrogens with one attached hydrogen (secondary N) is 1. The minimum atomic E-state index is -0.510. The van der Waals surface area contributed by atoms with Gasteiger partial charge in [0.25, 0.3) is 0 Å². The summed E-state index contributed by atoms with van der Waals surface area (Å²) in [6.45, 7) is 8.72. The van der Waals surface area contributed by atoms with E-state index in [1.54, 1.807) is 11.1 Å². The van der Waals surface area contributed by atoms with Crippen LogP contribution >= 0.6 is 15.9 Å². The molecule has 1 saturated carbocycles. The molecule has 1 aliphatic carbocycles. The maximum atomic E-state index is 13.1. The molecular weight excluding hydrogens is 502 g/mol. The quantitative estimate of drug-likeness (QED) is 0.390. The Bertz CT molecular complexity index is 870. The van der Waals surface area contributed by atoms with Crippen LogP contribution in [0.5, 0.6) is 0 Å². The molecule has 1 aliphatic heterocycles. The third-order valence-electron chi connectivity index (χ3n) is 6.87. The molecule has 2 amide bonds. The van der Waals surface area contributed by atoms with E-state index in [0.29, 0.717) is 48.7 Å². The lowest BCUT2D eigenvalue weighted by molar-refractivity contribution is -0.124. The largest absolute Gasteiger partial charge is 0.444 e. The van der Waals surface area contributed by atoms with Gasteiger partial charge in [-0.3, -0.25) is 9.59 Å². The highest BCUT2D eigenvalue weighted by Gasteiger charge is 2.59. The van der Waals surface area contributed by atoms with Gasteiger partial charge in [0.15, 0.2) is 4.67 Å². The summed E-state index contributed by atoms with van der Waals surface area (Å²) in [5.74, 6) is 0.778. The van der Waals surface area contributed by atoms with Gasteiger partial charge in [-0.25, -0.2) is 9.78 Å². The van der Waals surface area contributed by atoms with Crippen LogP contribution in [0.1, 0.15) is 97.4 Å². The van der Waals surface area contributed by atoms with Crippen molar-refractivity contribution in [2.75, 3.05) is 13.1 Å². The van der Waals surface area contributed by atoms with E-state index >= 15 is 0 Å². The lowest BCUT2D eigenvalue weighted by Crippen LogP contribution is -2.43. The minimum Gasteiger partial charge on any atom is -0.444 e. The molecule has 1 spiro atoms. The number of hydrogen-bond donors (Lipinski definition) is 1. The number of nitrogens with zero attached hydrogens (tertiary/aromatic N) is 2. The van der Waals surface area contributed by atoms with Crippen LogP contribution in [0.15, 0.2) is 15.3 Å². The van der Waals surface area contributed by atoms with E-state index in [2.05, 4.69) is 26.2 Å². The number of piperidine rings is 1. The molecular formula is C25H38BrN3O5. The summed E-state index contributed by atoms with van der Waals surface area (Å²) < 4.78 is 11.7. The highest BCUT2D eigenvalue weighted by Crippen LogP contribution is 2.59. The van der Waals surface area contributed by atoms with Gasteiger partial charge in [-0.15, -0.1) is 0 Å². The van der Waals surface area contributed by atoms with Gasteiger partial charge in [0.2, 0.25) is 11.8 Å². The zero-order valence-electron chi connectivity index (χ0n) is 20.8. The van der Waals surface area contributed by atoms with Crippen LogP contribution in [-0.2, 0) is 14.3 Å². The second kappa shape index (κ2) is 11.2. The Balaban J connectivity index is 1.50. The Morgan fingerprint density at radius 2 is 1.97 bits per heavy atom. The van der Waals surface area contributed by atoms with Gasteiger partial charge in [-0.1, -0.05) is 19.8 Å². The van der Waals surface area contributed by atoms with E-state index in [0.717, 1.165) is 38.5 Å². The van der Waals surface area contributed by atoms with Gasteiger partial charge in [0.05, 0.1) is 6.20 Å². The first-order chi connectivity index (χ1) is 16.0. The molecule has 8 nitrogen and oxygen atoms in total. The zero-order valence-corrected chi connectivity index (χ0v) is 22.4. The molecule has 1 saturated heterocycles. The number of likely N-dealkylation sites (tertiary alicyclic amines) is 1. The first-order valence-electron chi connectivity index (χ1n) is 12.4. The molecule has 0 bridgehead atoms. The van der Waals surface area contributed by atoms with Gasteiger partial charge in [-0.2, -0.15) is 0 Å². The van der Waals surface area contributed by atoms with E-state index in [9.17, 15) is 14.4 Å². The normalized spacial score (nSPS) is 20.1. The number of Topliss-reactive ketones (excluding diaryl/α,β-unsaturated/α-hetero) is 1. The van der Waals surface area contributed by atoms with E-state index < -0.39 is 5.60 Å². The number of carbonyl (C=O) groups excluding carboxylic acids is 3. The Kier molecular flexibility index (Phi) is 8.82. The van der Waals surface area contributed by atoms with Crippen molar-refractivity contribution in [3.63, 3.8) is 0 Å². The van der Waals surface area contributed by atoms with Crippen molar-refractivity contribution in [1.29, 1.82) is 0 Å². The van der Waals surface area contributed by atoms with Crippen molar-refractivity contribution in [1.82, 2.24) is 15.2 Å². The number of halogens is 1. The molecule has 190 valence electrons. The SMILES string of the molecule is CCC(=O)CCCCC[C@H](NC(=O)C1CC12CCN(C(=O)OC(C)(C)C)CC2)c1ncc(Br)o1. The number of carbonyl (C=O) groups is 3. The van der Waals surface area contributed by atoms with E-state index in [4.69, 9.17) is 9.15 Å². The number of hydrogen-bond acceptors (Lipinski definition) is 6. The topological polar surface area (TPSA) is 102 Å². The van der Waals surface area contributed by atoms with Gasteiger partial charge in [0.1, 0.15) is 17.4 Å². The molecule has 1 aromatic rings. The van der Waals surface area contributed by atoms with Gasteiger partial charge in [-0.05, 0) is 74.2 Å². The number of oxazole rings is 1. The standard InChI is InChI=1S/C25H38BrN3O5/c1-5-17(30)9-7-6-8-10-19(22-27-16-20(26)33-22)28-21(31)18-15-25(18)11-13-29(14-12-25)23(32)34-24(2,3)4/h16,18-19H,5-15H2,1-4H3,(H,28,31)/t18?,19-/m0/s1. The first-order valence-corrected chi connectivity index (χ1v) is 13.2. The van der Waals surface area contributed by atoms with Gasteiger partial charge < -0.3 is 19.4 Å². The summed E-state index contributed by atoms with van der Waals surface area (Å²) in [4.78, 5) is 43.1. The molecule has 2 atom stereocenters. The third-order valence-corrected chi connectivity index (χ3v) is 7.24. The number of unbranched alkanes of at least 4 members (excludes halogenated alkanes) is 2. The molecule has 0 radical (unpaired) electrons. The molecule has 9 heteroatoms. The average Bonchev–Trinajstić information content (AvgIpc) is 3.29. The van der Waals surface area contributed by atoms with E-state index in [1.165, 1.54) is 0 Å². The van der Waals surface area contributed by atoms with Crippen LogP contribution in [0.25, 0.3) is 0 Å². The fraction of sp³-hybridized carbons (Fsp3) is 0.760. The van der Waals surface area contributed by atoms with Crippen molar-refractivity contribution in [3.8, 4) is 0 Å². The van der Waals surface area contributed by atoms with Gasteiger partial charge in [0, 0.05) is 31.8 Å². The van der Waals surface area contributed by atoms with Crippen LogP contribution in [0.2, 0.25) is 0 Å². The Morgan fingerprint density at radius 1 is 1.26 bits per heavy atom. The summed E-state index contributed by atoms with van der Waals surface area (Å²) in [5.41, 5.74) is -0.533. The first kappa shape index (κ1) is 26.7. The molecule has 2 fully saturated rings. The summed E-state index contributed by atoms with van der Waals surface area (Å²) in [6.07, 6.45) is 8.37. The highest BCUT2D eigenvalue weighted by molar-refractivity contribution is 9.10. The van der Waals surface area contributed by atoms with Gasteiger partial charge >= 0.3 is 6.09 Å². The fourth-order valence-corrected chi connectivity index (χ4v) is 4.98. The molecule has 1 aromatic heterocycles. The van der Waals surface area contributed by atoms with E-state index in [1.807, 2.05) is 27.7 Å². The molecule has 34 heavy (non-hydrogen) atoms. The summed E-state index contributed by atoms with van der Waals surface area (Å²) >= 11 is 3.30. The zero-order chi connectivity index (χ0) is 24.9. The Labute approximate surface area is 210 Å². The van der Waals surface area contributed by atoms with Crippen molar-refractivity contribution in [3.05, 3.63) is 16.8 Å². The molecule has 2 heterocycles. The van der Waals surface area contributed by atoms with Crippen molar-refractivity contribution >= 4 is 33.7 Å². The highest BCUT2D eigenvalue weighted by atomic mass is 79.9. The second-order valence-corrected chi connectivity index (χ2v) is 11.4. The number of ketones is 1. The van der Waals surface area contributed by atoms with Crippen LogP contribution in [-0.4, -0.2) is 46.4 Å². The van der Waals surface area contributed by atoms with Crippen LogP contribution in [0.3, 0.4) is 0 Å².